The number of H-pyrrole nitrogens is 1. The first-order chi connectivity index (χ1) is 14.1. The predicted octanol–water partition coefficient (Wildman–Crippen LogP) is 1.92. The van der Waals surface area contributed by atoms with Gasteiger partial charge in [-0.3, -0.25) is 0 Å². The minimum absolute atomic E-state index is 0.00683. The van der Waals surface area contributed by atoms with E-state index in [9.17, 15) is 4.79 Å². The summed E-state index contributed by atoms with van der Waals surface area (Å²) in [6.07, 6.45) is -6.05. The Balaban J connectivity index is 2.12. The maximum atomic E-state index is 11.5. The summed E-state index contributed by atoms with van der Waals surface area (Å²) in [6, 6.07) is 2.73. The van der Waals surface area contributed by atoms with Crippen LogP contribution in [-0.4, -0.2) is 49.2 Å². The van der Waals surface area contributed by atoms with Crippen molar-refractivity contribution in [3.05, 3.63) is 35.5 Å². The zero-order valence-electron chi connectivity index (χ0n) is 21.4. The van der Waals surface area contributed by atoms with Gasteiger partial charge in [0.15, 0.2) is 2.82 Å². The van der Waals surface area contributed by atoms with E-state index < -0.39 is 44.6 Å². The smallest absolute Gasteiger partial charge is 0.407 e. The number of hydrogen-bond donors (Lipinski definition) is 2. The molecular weight excluding hydrogens is 266 g/mol. The van der Waals surface area contributed by atoms with E-state index >= 15 is 0 Å². The Morgan fingerprint density at radius 2 is 2.57 bits per heavy atom. The molecule has 0 saturated carbocycles. The van der Waals surface area contributed by atoms with Crippen LogP contribution < -0.4 is 5.31 Å². The first-order valence-corrected chi connectivity index (χ1v) is 6.40. The van der Waals surface area contributed by atoms with Crippen molar-refractivity contribution in [2.24, 2.45) is 0 Å². The lowest BCUT2D eigenvalue weighted by Gasteiger charge is -2.09. The second-order valence-electron chi connectivity index (χ2n) is 4.73. The van der Waals surface area contributed by atoms with Gasteiger partial charge in [-0.1, -0.05) is 6.07 Å². The van der Waals surface area contributed by atoms with Gasteiger partial charge in [-0.2, -0.15) is 0 Å². The number of aromatic nitrogens is 1. The molecule has 2 N–H and O–H groups in total. The normalized spacial score (nSPS) is 27.6. The van der Waals surface area contributed by atoms with Gasteiger partial charge in [0.2, 0.25) is 0 Å². The van der Waals surface area contributed by atoms with Crippen LogP contribution >= 0.6 is 0 Å². The van der Waals surface area contributed by atoms with E-state index in [1.165, 1.54) is 25.2 Å². The SMILES string of the molecule is [2H]c1c(C([2H])([2H])CN(C)C([2H])([2H])[2H])c2cc(C([2H])([2H])[C@H]3COC(=O)N3[2H])ccc2n1[2H]. The Morgan fingerprint density at radius 1 is 1.67 bits per heavy atom. The number of cyclic esters (lactones) is 1. The van der Waals surface area contributed by atoms with Gasteiger partial charge in [0, 0.05) is 33.2 Å². The number of nitrogens with zero attached hydrogens (tertiary/aromatic N) is 1. The number of benzene rings is 1. The molecule has 2 heterocycles. The summed E-state index contributed by atoms with van der Waals surface area (Å²) in [5.41, 5.74) is -0.0958. The van der Waals surface area contributed by atoms with Crippen molar-refractivity contribution < 1.29 is 23.3 Å². The number of carbonyl (C=O) groups excluding carboxylic acids is 1. The maximum absolute atomic E-state index is 11.5. The van der Waals surface area contributed by atoms with Crippen LogP contribution in [0.5, 0.6) is 0 Å². The van der Waals surface area contributed by atoms with Gasteiger partial charge in [0.1, 0.15) is 6.61 Å². The lowest BCUT2D eigenvalue weighted by Crippen LogP contribution is -2.28. The number of rotatable bonds is 5. The van der Waals surface area contributed by atoms with Gasteiger partial charge in [-0.15, -0.1) is 0 Å². The Bertz CT molecular complexity index is 1020. The van der Waals surface area contributed by atoms with Crippen molar-refractivity contribution >= 4 is 17.0 Å². The van der Waals surface area contributed by atoms with Crippen molar-refractivity contribution in [1.82, 2.24) is 15.2 Å². The fraction of sp³-hybridized carbons (Fsp3) is 0.438. The third kappa shape index (κ3) is 3.19. The number of amides is 1. The van der Waals surface area contributed by atoms with Gasteiger partial charge in [0.25, 0.3) is 0 Å². The molecule has 5 nitrogen and oxygen atoms in total. The minimum atomic E-state index is -2.57. The van der Waals surface area contributed by atoms with E-state index in [1.807, 2.05) is 0 Å². The second kappa shape index (κ2) is 5.77. The molecule has 1 aliphatic rings. The number of alkyl carbamates (subject to hydrolysis) is 1. The van der Waals surface area contributed by atoms with Gasteiger partial charge in [-0.25, -0.2) is 4.79 Å². The van der Waals surface area contributed by atoms with E-state index in [-0.39, 0.29) is 28.6 Å². The zero-order valence-corrected chi connectivity index (χ0v) is 11.4. The molecule has 21 heavy (non-hydrogen) atoms. The quantitative estimate of drug-likeness (QED) is 0.886. The van der Waals surface area contributed by atoms with Crippen molar-refractivity contribution in [2.75, 3.05) is 27.2 Å². The van der Waals surface area contributed by atoms with E-state index in [0.29, 0.717) is 10.3 Å². The highest BCUT2D eigenvalue weighted by atomic mass is 16.6. The average molecular weight is 297 g/mol. The molecule has 3 rings (SSSR count). The Kier molecular flexibility index (Phi) is 1.76. The van der Waals surface area contributed by atoms with E-state index in [1.54, 1.807) is 0 Å². The summed E-state index contributed by atoms with van der Waals surface area (Å²) in [7, 11) is 1.22. The van der Waals surface area contributed by atoms with Crippen LogP contribution in [-0.2, 0) is 17.5 Å². The molecular formula is C16H21N3O2. The average Bonchev–Trinajstić information content (AvgIpc) is 3.11. The standard InChI is InChI=1S/C16H21N3O2/c1-19(2)6-5-12-9-17-15-4-3-11(8-14(12)15)7-13-10-21-16(20)18-13/h3-4,8-9,13,17H,5-7,10H2,1-2H3,(H,18,20)/t13-/m0/s1/i1D3,5D2,7D2,9D/hD2. The Morgan fingerprint density at radius 3 is 3.33 bits per heavy atom. The van der Waals surface area contributed by atoms with E-state index in [2.05, 4.69) is 0 Å². The van der Waals surface area contributed by atoms with Crippen molar-refractivity contribution in [3.8, 4) is 0 Å². The van der Waals surface area contributed by atoms with Crippen LogP contribution in [0.25, 0.3) is 10.9 Å². The van der Waals surface area contributed by atoms with E-state index in [0.717, 1.165) is 4.90 Å². The van der Waals surface area contributed by atoms with Crippen LogP contribution in [0.4, 0.5) is 4.79 Å². The molecule has 5 heteroatoms. The number of aromatic amines is 1. The molecule has 0 spiro atoms. The third-order valence-electron chi connectivity index (χ3n) is 3.01. The maximum Gasteiger partial charge on any atom is 0.407 e. The Labute approximate surface area is 138 Å². The fourth-order valence-electron chi connectivity index (χ4n) is 2.05. The van der Waals surface area contributed by atoms with Crippen molar-refractivity contribution in [2.45, 2.75) is 18.8 Å². The summed E-state index contributed by atoms with van der Waals surface area (Å²) in [6.45, 7) is -3.49. The molecule has 1 aliphatic heterocycles. The minimum Gasteiger partial charge on any atom is -0.447 e. The van der Waals surface area contributed by atoms with Gasteiger partial charge in [-0.05, 0) is 50.0 Å². The fourth-order valence-corrected chi connectivity index (χ4v) is 2.05. The molecule has 0 aliphatic carbocycles. The third-order valence-corrected chi connectivity index (χ3v) is 3.01. The van der Waals surface area contributed by atoms with Crippen LogP contribution in [0.15, 0.2) is 24.4 Å². The number of carbonyl (C=O) groups is 1. The van der Waals surface area contributed by atoms with Gasteiger partial charge in [0.05, 0.1) is 7.41 Å². The first-order valence-electron chi connectivity index (χ1n) is 11.3. The predicted molar refractivity (Wildman–Crippen MR) is 82.5 cm³/mol. The molecule has 1 aromatic carbocycles. The van der Waals surface area contributed by atoms with E-state index in [4.69, 9.17) is 18.5 Å². The summed E-state index contributed by atoms with van der Waals surface area (Å²) >= 11 is 0. The van der Waals surface area contributed by atoms with Crippen LogP contribution in [0.2, 0.25) is 2.82 Å². The molecule has 0 unspecified atom stereocenters. The molecule has 1 atom stereocenters. The van der Waals surface area contributed by atoms with Crippen LogP contribution in [0.1, 0.15) is 22.1 Å². The first kappa shape index (κ1) is 6.40. The highest BCUT2D eigenvalue weighted by Gasteiger charge is 2.22. The number of fused-ring (bicyclic) bond motifs is 1. The number of nitrogens with one attached hydrogen (secondary N) is 2. The zero-order chi connectivity index (χ0) is 23.5. The van der Waals surface area contributed by atoms with Crippen molar-refractivity contribution in [3.63, 3.8) is 0 Å². The monoisotopic (exact) mass is 297 g/mol. The van der Waals surface area contributed by atoms with Crippen LogP contribution in [0.3, 0.4) is 0 Å². The molecule has 0 bridgehead atoms. The molecule has 112 valence electrons. The Hall–Kier alpha value is -2.01. The van der Waals surface area contributed by atoms with Crippen LogP contribution in [0, 0.1) is 0 Å². The number of hydrogen-bond acceptors (Lipinski definition) is 3. The lowest BCUT2D eigenvalue weighted by atomic mass is 10.0. The molecule has 1 amide bonds. The molecule has 1 aromatic heterocycles. The highest BCUT2D eigenvalue weighted by molar-refractivity contribution is 5.84. The summed E-state index contributed by atoms with van der Waals surface area (Å²) in [4.78, 5) is 13.0. The molecule has 2 aromatic rings. The largest absolute Gasteiger partial charge is 0.447 e. The second-order valence-corrected chi connectivity index (χ2v) is 4.73. The number of likely N-dealkylation sites (N-methyl/N-ethyl adjacent to an activating group) is 1. The molecule has 0 radical (unpaired) electrons. The summed E-state index contributed by atoms with van der Waals surface area (Å²) in [5, 5.41) is 0.480. The number of ether oxygens (including phenoxy) is 1. The topological polar surface area (TPSA) is 57.4 Å². The molecule has 1 saturated heterocycles. The molecule has 1 fully saturated rings. The van der Waals surface area contributed by atoms with Gasteiger partial charge >= 0.3 is 6.09 Å². The lowest BCUT2D eigenvalue weighted by molar-refractivity contribution is 0.177. The van der Waals surface area contributed by atoms with Crippen molar-refractivity contribution in [1.29, 1.82) is 0 Å². The summed E-state index contributed by atoms with van der Waals surface area (Å²) < 4.78 is 84.8. The highest BCUT2D eigenvalue weighted by Crippen LogP contribution is 2.21. The van der Waals surface area contributed by atoms with Gasteiger partial charge < -0.3 is 19.9 Å². The summed E-state index contributed by atoms with van der Waals surface area (Å²) in [5.74, 6) is 0.